The highest BCUT2D eigenvalue weighted by Crippen LogP contribution is 2.44. The third-order valence-corrected chi connectivity index (χ3v) is 9.00. The molecule has 1 aliphatic heterocycles. The van der Waals surface area contributed by atoms with Gasteiger partial charge in [-0.15, -0.1) is 11.3 Å². The lowest BCUT2D eigenvalue weighted by molar-refractivity contribution is -0.145. The highest BCUT2D eigenvalue weighted by Gasteiger charge is 2.30. The maximum absolute atomic E-state index is 15.3. The van der Waals surface area contributed by atoms with Crippen LogP contribution in [0.2, 0.25) is 5.02 Å². The molecule has 0 saturated carbocycles. The molecule has 45 heavy (non-hydrogen) atoms. The molecule has 0 bridgehead atoms. The monoisotopic (exact) mass is 665 g/mol. The van der Waals surface area contributed by atoms with Gasteiger partial charge in [0.2, 0.25) is 5.91 Å². The number of nitrogens with zero attached hydrogens (tertiary/aromatic N) is 1. The average Bonchev–Trinajstić information content (AvgIpc) is 3.62. The largest absolute Gasteiger partial charge is 0.491 e. The van der Waals surface area contributed by atoms with Crippen LogP contribution in [0, 0.1) is 17.7 Å². The number of carboxylic acid groups (broad SMARTS) is 2. The van der Waals surface area contributed by atoms with Crippen molar-refractivity contribution in [1.29, 1.82) is 0 Å². The number of rotatable bonds is 15. The second-order valence-corrected chi connectivity index (χ2v) is 12.2. The Hall–Kier alpha value is -4.10. The fraction of sp³-hybridized carbons (Fsp3) is 0.419. The van der Waals surface area contributed by atoms with Crippen LogP contribution < -0.4 is 18.9 Å². The van der Waals surface area contributed by atoms with Gasteiger partial charge in [-0.3, -0.25) is 19.2 Å². The number of carbonyl (C=O) groups excluding carboxylic acids is 2. The topological polar surface area (TPSA) is 149 Å². The highest BCUT2D eigenvalue weighted by atomic mass is 35.5. The Morgan fingerprint density at radius 2 is 1.53 bits per heavy atom. The number of thiophene rings is 1. The first-order valence-electron chi connectivity index (χ1n) is 14.1. The van der Waals surface area contributed by atoms with E-state index in [0.717, 1.165) is 16.9 Å². The highest BCUT2D eigenvalue weighted by molar-refractivity contribution is 7.20. The minimum absolute atomic E-state index is 0.118. The van der Waals surface area contributed by atoms with E-state index in [1.807, 2.05) is 0 Å². The summed E-state index contributed by atoms with van der Waals surface area (Å²) in [6.07, 6.45) is 0.0482. The first-order valence-corrected chi connectivity index (χ1v) is 15.3. The number of ketones is 1. The minimum atomic E-state index is -1.09. The van der Waals surface area contributed by atoms with Crippen molar-refractivity contribution < 1.29 is 52.7 Å². The van der Waals surface area contributed by atoms with Crippen molar-refractivity contribution >= 4 is 56.7 Å². The summed E-state index contributed by atoms with van der Waals surface area (Å²) in [7, 11) is 2.75. The van der Waals surface area contributed by atoms with Crippen molar-refractivity contribution in [2.75, 3.05) is 27.4 Å². The molecule has 3 aromatic rings. The van der Waals surface area contributed by atoms with Crippen molar-refractivity contribution in [2.45, 2.75) is 46.2 Å². The van der Waals surface area contributed by atoms with E-state index in [4.69, 9.17) is 40.8 Å². The number of benzene rings is 2. The number of carboxylic acids is 2. The van der Waals surface area contributed by atoms with E-state index in [1.165, 1.54) is 34.1 Å². The molecule has 14 heteroatoms. The van der Waals surface area contributed by atoms with Crippen molar-refractivity contribution in [3.63, 3.8) is 0 Å². The van der Waals surface area contributed by atoms with E-state index in [1.54, 1.807) is 17.0 Å². The normalized spacial score (nSPS) is 13.7. The lowest BCUT2D eigenvalue weighted by atomic mass is 10.0. The molecule has 0 aliphatic carbocycles. The van der Waals surface area contributed by atoms with E-state index < -0.39 is 35.4 Å². The molecular formula is C31H33ClFNO10S. The quantitative estimate of drug-likeness (QED) is 0.151. The van der Waals surface area contributed by atoms with E-state index >= 15 is 4.39 Å². The van der Waals surface area contributed by atoms with Gasteiger partial charge in [0.25, 0.3) is 0 Å². The molecule has 11 nitrogen and oxygen atoms in total. The molecule has 1 aromatic heterocycles. The van der Waals surface area contributed by atoms with Gasteiger partial charge in [-0.2, -0.15) is 0 Å². The van der Waals surface area contributed by atoms with Crippen molar-refractivity contribution in [3.05, 3.63) is 45.0 Å². The Bertz CT molecular complexity index is 1640. The molecule has 0 unspecified atom stereocenters. The van der Waals surface area contributed by atoms with Crippen LogP contribution in [0.3, 0.4) is 0 Å². The van der Waals surface area contributed by atoms with Gasteiger partial charge in [0.1, 0.15) is 0 Å². The first-order chi connectivity index (χ1) is 21.4. The van der Waals surface area contributed by atoms with E-state index in [9.17, 15) is 19.2 Å². The van der Waals surface area contributed by atoms with Gasteiger partial charge >= 0.3 is 11.9 Å². The molecule has 0 spiro atoms. The number of carbonyl (C=O) groups is 4. The van der Waals surface area contributed by atoms with Gasteiger partial charge in [-0.25, -0.2) is 4.39 Å². The Balaban J connectivity index is 1.40. The Morgan fingerprint density at radius 1 is 0.933 bits per heavy atom. The summed E-state index contributed by atoms with van der Waals surface area (Å²) in [6, 6.07) is 4.83. The number of halogens is 2. The van der Waals surface area contributed by atoms with Crippen molar-refractivity contribution in [1.82, 2.24) is 4.90 Å². The van der Waals surface area contributed by atoms with Crippen LogP contribution in [0.1, 0.15) is 53.9 Å². The molecule has 4 rings (SSSR count). The third-order valence-electron chi connectivity index (χ3n) is 7.42. The van der Waals surface area contributed by atoms with Crippen LogP contribution in [0.25, 0.3) is 10.1 Å². The molecule has 2 N–H and O–H groups in total. The second kappa shape index (κ2) is 14.3. The van der Waals surface area contributed by atoms with E-state index in [0.29, 0.717) is 33.9 Å². The Kier molecular flexibility index (Phi) is 10.8. The van der Waals surface area contributed by atoms with Crippen LogP contribution >= 0.6 is 22.9 Å². The summed E-state index contributed by atoms with van der Waals surface area (Å²) in [5, 5.41) is 19.0. The standard InChI is InChI=1S/C31H33ClFNO10S/c1-15(30(37)38)8-20(35)23-12-17-10-22(28(42-4)26(33)29(17)45-23)44-7-5-6-43-21-11-18-13-34(24(36)9-16(2)31(39)40)14-19(18)25(32)27(21)41-3/h10-12,15-16H,5-9,13-14H2,1-4H3,(H,37,38)(H,39,40)/t15-,16-/m0/s1. The zero-order valence-corrected chi connectivity index (χ0v) is 26.7. The predicted molar refractivity (Wildman–Crippen MR) is 163 cm³/mol. The van der Waals surface area contributed by atoms with E-state index in [-0.39, 0.29) is 66.1 Å². The second-order valence-electron chi connectivity index (χ2n) is 10.7. The van der Waals surface area contributed by atoms with Gasteiger partial charge in [0.15, 0.2) is 34.6 Å². The Morgan fingerprint density at radius 3 is 2.13 bits per heavy atom. The fourth-order valence-electron chi connectivity index (χ4n) is 4.84. The van der Waals surface area contributed by atoms with Gasteiger partial charge < -0.3 is 34.1 Å². The van der Waals surface area contributed by atoms with Gasteiger partial charge in [0.05, 0.1) is 53.9 Å². The maximum atomic E-state index is 15.3. The molecule has 0 radical (unpaired) electrons. The lowest BCUT2D eigenvalue weighted by Gasteiger charge is -2.16. The van der Waals surface area contributed by atoms with Crippen molar-refractivity contribution in [3.8, 4) is 23.0 Å². The molecule has 1 aliphatic rings. The lowest BCUT2D eigenvalue weighted by Crippen LogP contribution is -2.28. The number of methoxy groups -OCH3 is 2. The maximum Gasteiger partial charge on any atom is 0.306 e. The third kappa shape index (κ3) is 7.42. The number of fused-ring (bicyclic) bond motifs is 2. The molecular weight excluding hydrogens is 633 g/mol. The first kappa shape index (κ1) is 33.8. The number of amides is 1. The molecule has 0 fully saturated rings. The number of Topliss-reactive ketones (excluding diaryl/α,β-unsaturated/α-hetero) is 1. The summed E-state index contributed by atoms with van der Waals surface area (Å²) in [5.41, 5.74) is 1.47. The van der Waals surface area contributed by atoms with Crippen LogP contribution in [0.15, 0.2) is 18.2 Å². The minimum Gasteiger partial charge on any atom is -0.491 e. The summed E-state index contributed by atoms with van der Waals surface area (Å²) in [6.45, 7) is 3.70. The SMILES string of the molecule is COc1c(OCCCOc2cc3cc(C(=O)C[C@H](C)C(=O)O)sc3c(F)c2OC)cc2c(c1Cl)CN(C(=O)C[C@H](C)C(=O)O)C2. The van der Waals surface area contributed by atoms with Crippen LogP contribution in [0.5, 0.6) is 23.0 Å². The van der Waals surface area contributed by atoms with Crippen molar-refractivity contribution in [2.24, 2.45) is 11.8 Å². The summed E-state index contributed by atoms with van der Waals surface area (Å²) in [5.74, 6) is -4.47. The molecule has 0 saturated heterocycles. The van der Waals surface area contributed by atoms with Gasteiger partial charge in [-0.1, -0.05) is 25.4 Å². The average molecular weight is 666 g/mol. The number of hydrogen-bond donors (Lipinski definition) is 2. The number of aliphatic carboxylic acids is 2. The van der Waals surface area contributed by atoms with Gasteiger partial charge in [-0.05, 0) is 29.3 Å². The predicted octanol–water partition coefficient (Wildman–Crippen LogP) is 5.81. The van der Waals surface area contributed by atoms with Crippen LogP contribution in [0.4, 0.5) is 4.39 Å². The number of hydrogen-bond acceptors (Lipinski definition) is 9. The number of ether oxygens (including phenoxy) is 4. The molecule has 242 valence electrons. The molecule has 2 heterocycles. The summed E-state index contributed by atoms with van der Waals surface area (Å²) >= 11 is 7.53. The molecule has 1 amide bonds. The van der Waals surface area contributed by atoms with Crippen LogP contribution in [-0.4, -0.2) is 66.2 Å². The van der Waals surface area contributed by atoms with E-state index in [2.05, 4.69) is 0 Å². The molecule has 2 aromatic carbocycles. The van der Waals surface area contributed by atoms with Crippen LogP contribution in [-0.2, 0) is 27.5 Å². The van der Waals surface area contributed by atoms with Gasteiger partial charge in [0, 0.05) is 37.7 Å². The molecule has 2 atom stereocenters. The zero-order valence-electron chi connectivity index (χ0n) is 25.1. The zero-order chi connectivity index (χ0) is 33.0. The smallest absolute Gasteiger partial charge is 0.306 e. The summed E-state index contributed by atoms with van der Waals surface area (Å²) in [4.78, 5) is 49.3. The summed E-state index contributed by atoms with van der Waals surface area (Å²) < 4.78 is 38.0. The Labute approximate surface area is 267 Å². The fourth-order valence-corrected chi connectivity index (χ4v) is 6.21.